The van der Waals surface area contributed by atoms with Crippen molar-refractivity contribution in [3.05, 3.63) is 107 Å². The van der Waals surface area contributed by atoms with Crippen molar-refractivity contribution in [1.82, 2.24) is 29.3 Å². The second-order valence-corrected chi connectivity index (χ2v) is 10.8. The number of ether oxygens (including phenoxy) is 1. The van der Waals surface area contributed by atoms with E-state index in [2.05, 4.69) is 32.8 Å². The minimum Gasteiger partial charge on any atom is -0.507 e. The first-order valence-electron chi connectivity index (χ1n) is 14.4. The van der Waals surface area contributed by atoms with Crippen molar-refractivity contribution in [3.63, 3.8) is 0 Å². The van der Waals surface area contributed by atoms with Gasteiger partial charge >= 0.3 is 0 Å². The van der Waals surface area contributed by atoms with Gasteiger partial charge in [0.2, 0.25) is 5.91 Å². The number of primary amides is 1. The lowest BCUT2D eigenvalue weighted by Crippen LogP contribution is -2.10. The van der Waals surface area contributed by atoms with E-state index in [0.717, 1.165) is 58.2 Å². The molecule has 0 bridgehead atoms. The Kier molecular flexibility index (Phi) is 7.02. The van der Waals surface area contributed by atoms with Gasteiger partial charge < -0.3 is 21.3 Å². The van der Waals surface area contributed by atoms with Gasteiger partial charge in [-0.3, -0.25) is 14.2 Å². The number of phenols is 1. The molecule has 0 saturated carbocycles. The van der Waals surface area contributed by atoms with E-state index < -0.39 is 5.91 Å². The van der Waals surface area contributed by atoms with Crippen LogP contribution in [0.25, 0.3) is 34.1 Å². The molecule has 0 fully saturated rings. The number of aromatic hydroxyl groups is 1. The van der Waals surface area contributed by atoms with Crippen LogP contribution >= 0.6 is 0 Å². The molecule has 1 amide bonds. The molecule has 0 unspecified atom stereocenters. The van der Waals surface area contributed by atoms with Crippen LogP contribution in [0.3, 0.4) is 0 Å². The van der Waals surface area contributed by atoms with Crippen LogP contribution in [0.1, 0.15) is 49.5 Å². The Morgan fingerprint density at radius 3 is 2.64 bits per heavy atom. The van der Waals surface area contributed by atoms with Crippen molar-refractivity contribution in [1.29, 1.82) is 0 Å². The number of aryl methyl sites for hydroxylation is 2. The van der Waals surface area contributed by atoms with Crippen molar-refractivity contribution in [2.24, 2.45) is 5.73 Å². The fraction of sp³-hybridized carbons (Fsp3) is 0.152. The molecule has 5 N–H and O–H groups in total. The van der Waals surface area contributed by atoms with Gasteiger partial charge in [0.25, 0.3) is 0 Å². The number of amides is 1. The number of carbonyl (C=O) groups excluding carboxylic acids is 2. The van der Waals surface area contributed by atoms with Crippen molar-refractivity contribution in [2.75, 3.05) is 5.73 Å². The Balaban J connectivity index is 0.000000230. The summed E-state index contributed by atoms with van der Waals surface area (Å²) in [5.41, 5.74) is 19.7. The zero-order chi connectivity index (χ0) is 31.1. The van der Waals surface area contributed by atoms with Crippen molar-refractivity contribution >= 4 is 29.2 Å². The van der Waals surface area contributed by atoms with Crippen LogP contribution < -0.4 is 11.5 Å². The number of fused-ring (bicyclic) bond motifs is 3. The van der Waals surface area contributed by atoms with Crippen LogP contribution in [-0.2, 0) is 30.8 Å². The van der Waals surface area contributed by atoms with Crippen molar-refractivity contribution in [2.45, 2.75) is 32.5 Å². The molecule has 0 atom stereocenters. The van der Waals surface area contributed by atoms with E-state index in [9.17, 15) is 9.59 Å². The molecule has 45 heavy (non-hydrogen) atoms. The number of phenolic OH excluding ortho intramolecular Hbond substituents is 1. The zero-order valence-corrected chi connectivity index (χ0v) is 24.1. The maximum Gasteiger partial charge on any atom is 0.248 e. The summed E-state index contributed by atoms with van der Waals surface area (Å²) in [7, 11) is 0. The third kappa shape index (κ3) is 5.17. The van der Waals surface area contributed by atoms with Gasteiger partial charge in [-0.15, -0.1) is 0 Å². The molecule has 5 heterocycles. The standard InChI is InChI=1S/C25H21N7O.C8H7NO3/c26-23-19(5-2-10-27-23)24-28-20-8-9-22(31-12-17-13-33-14-21(17)30-31)29-25(20)32(24)18-7-6-15-3-1-4-16(15)11-18;9-8(12)5-1-2-7(11)6(3-5)4-10/h2,5-12H,1,3-4,13-14H2,(H2,26,27);1-4,11H,(H2,9,12). The van der Waals surface area contributed by atoms with Crippen LogP contribution in [0.2, 0.25) is 0 Å². The van der Waals surface area contributed by atoms with E-state index in [1.54, 1.807) is 6.20 Å². The molecule has 6 aromatic rings. The van der Waals surface area contributed by atoms with Gasteiger partial charge in [-0.25, -0.2) is 19.6 Å². The number of nitrogens with two attached hydrogens (primary N) is 2. The maximum atomic E-state index is 10.6. The molecule has 0 spiro atoms. The smallest absolute Gasteiger partial charge is 0.248 e. The number of imidazole rings is 1. The second kappa shape index (κ2) is 11.3. The first kappa shape index (κ1) is 27.9. The Labute approximate surface area is 256 Å². The monoisotopic (exact) mass is 600 g/mol. The lowest BCUT2D eigenvalue weighted by atomic mass is 10.1. The van der Waals surface area contributed by atoms with Crippen LogP contribution in [0, 0.1) is 0 Å². The highest BCUT2D eigenvalue weighted by molar-refractivity contribution is 5.95. The third-order valence-corrected chi connectivity index (χ3v) is 7.96. The van der Waals surface area contributed by atoms with Crippen LogP contribution in [0.5, 0.6) is 5.75 Å². The summed E-state index contributed by atoms with van der Waals surface area (Å²) in [4.78, 5) is 35.1. The largest absolute Gasteiger partial charge is 0.507 e. The molecule has 2 aromatic carbocycles. The van der Waals surface area contributed by atoms with Crippen LogP contribution in [0.4, 0.5) is 5.82 Å². The highest BCUT2D eigenvalue weighted by atomic mass is 16.5. The molecule has 0 saturated heterocycles. The van der Waals surface area contributed by atoms with Crippen molar-refractivity contribution < 1.29 is 19.4 Å². The maximum absolute atomic E-state index is 10.6. The molecule has 224 valence electrons. The first-order chi connectivity index (χ1) is 21.9. The third-order valence-electron chi connectivity index (χ3n) is 7.96. The van der Waals surface area contributed by atoms with E-state index in [1.165, 1.54) is 35.7 Å². The summed E-state index contributed by atoms with van der Waals surface area (Å²) >= 11 is 0. The molecular weight excluding hydrogens is 572 g/mol. The number of aldehydes is 1. The topological polar surface area (TPSA) is 177 Å². The molecule has 1 aliphatic heterocycles. The number of benzene rings is 2. The second-order valence-electron chi connectivity index (χ2n) is 10.8. The SMILES string of the molecule is NC(=O)c1ccc(O)c(C=O)c1.Nc1ncccc1-c1nc2ccc(-n3cc4c(n3)COC4)nc2n1-c1ccc2c(c1)CCC2. The zero-order valence-electron chi connectivity index (χ0n) is 24.1. The molecule has 8 rings (SSSR count). The van der Waals surface area contributed by atoms with Gasteiger partial charge in [-0.2, -0.15) is 5.10 Å². The van der Waals surface area contributed by atoms with E-state index in [0.29, 0.717) is 25.3 Å². The normalized spacial score (nSPS) is 13.2. The first-order valence-corrected chi connectivity index (χ1v) is 14.4. The highest BCUT2D eigenvalue weighted by Gasteiger charge is 2.22. The van der Waals surface area contributed by atoms with Gasteiger partial charge in [-0.05, 0) is 85.0 Å². The number of nitrogen functional groups attached to an aromatic ring is 1. The minimum atomic E-state index is -0.627. The van der Waals surface area contributed by atoms with Gasteiger partial charge in [0.15, 0.2) is 23.6 Å². The molecule has 12 nitrogen and oxygen atoms in total. The Morgan fingerprint density at radius 2 is 1.84 bits per heavy atom. The van der Waals surface area contributed by atoms with Crippen molar-refractivity contribution in [3.8, 4) is 28.6 Å². The molecule has 0 radical (unpaired) electrons. The Bertz CT molecular complexity index is 2090. The van der Waals surface area contributed by atoms with E-state index >= 15 is 0 Å². The number of nitrogens with zero attached hydrogens (tertiary/aromatic N) is 6. The predicted octanol–water partition coefficient (Wildman–Crippen LogP) is 4.07. The van der Waals surface area contributed by atoms with E-state index in [1.807, 2.05) is 35.1 Å². The summed E-state index contributed by atoms with van der Waals surface area (Å²) in [5.74, 6) is 1.13. The van der Waals surface area contributed by atoms with E-state index in [4.69, 9.17) is 31.3 Å². The summed E-state index contributed by atoms with van der Waals surface area (Å²) in [6, 6.07) is 18.2. The quantitative estimate of drug-likeness (QED) is 0.246. The predicted molar refractivity (Wildman–Crippen MR) is 166 cm³/mol. The number of rotatable bonds is 5. The molecule has 12 heteroatoms. The number of pyridine rings is 2. The fourth-order valence-electron chi connectivity index (χ4n) is 5.67. The summed E-state index contributed by atoms with van der Waals surface area (Å²) in [6.45, 7) is 1.14. The molecule has 4 aromatic heterocycles. The van der Waals surface area contributed by atoms with Crippen LogP contribution in [0.15, 0.2) is 73.1 Å². The average Bonchev–Trinajstić information content (AvgIpc) is 3.84. The molecule has 2 aliphatic rings. The average molecular weight is 601 g/mol. The van der Waals surface area contributed by atoms with Gasteiger partial charge in [-0.1, -0.05) is 6.07 Å². The molecular formula is C33H28N8O4. The summed E-state index contributed by atoms with van der Waals surface area (Å²) in [6.07, 6.45) is 7.58. The number of carbonyl (C=O) groups is 2. The fourth-order valence-corrected chi connectivity index (χ4v) is 5.67. The Hall–Kier alpha value is -5.88. The van der Waals surface area contributed by atoms with Gasteiger partial charge in [0, 0.05) is 29.2 Å². The summed E-state index contributed by atoms with van der Waals surface area (Å²) < 4.78 is 9.38. The van der Waals surface area contributed by atoms with Crippen LogP contribution in [-0.4, -0.2) is 46.6 Å². The number of hydrogen-bond acceptors (Lipinski definition) is 9. The molecule has 1 aliphatic carbocycles. The van der Waals surface area contributed by atoms with Gasteiger partial charge in [0.1, 0.15) is 17.1 Å². The number of aromatic nitrogens is 6. The lowest BCUT2D eigenvalue weighted by Gasteiger charge is -2.12. The summed E-state index contributed by atoms with van der Waals surface area (Å²) in [5, 5.41) is 13.7. The Morgan fingerprint density at radius 1 is 0.978 bits per heavy atom. The van der Waals surface area contributed by atoms with E-state index in [-0.39, 0.29) is 16.9 Å². The lowest BCUT2D eigenvalue weighted by molar-refractivity contribution is 0.1000. The minimum absolute atomic E-state index is 0.0614. The highest BCUT2D eigenvalue weighted by Crippen LogP contribution is 2.33. The number of hydrogen-bond donors (Lipinski definition) is 3. The number of anilines is 1. The van der Waals surface area contributed by atoms with Gasteiger partial charge in [0.05, 0.1) is 30.0 Å².